The summed E-state index contributed by atoms with van der Waals surface area (Å²) >= 11 is 6.17. The molecule has 0 fully saturated rings. The maximum Gasteiger partial charge on any atom is 0.251 e. The van der Waals surface area contributed by atoms with Crippen LogP contribution < -0.4 is 11.1 Å². The van der Waals surface area contributed by atoms with Crippen molar-refractivity contribution < 1.29 is 4.79 Å². The molecular formula is C17H17ClN2O. The summed E-state index contributed by atoms with van der Waals surface area (Å²) in [6.45, 7) is 0.705. The fraction of sp³-hybridized carbons (Fsp3) is 0.235. The molecule has 1 amide bonds. The van der Waals surface area contributed by atoms with Gasteiger partial charge in [0.15, 0.2) is 0 Å². The Morgan fingerprint density at radius 2 is 2.05 bits per heavy atom. The Balaban J connectivity index is 1.85. The largest absolute Gasteiger partial charge is 0.352 e. The van der Waals surface area contributed by atoms with E-state index in [1.54, 1.807) is 0 Å². The highest BCUT2D eigenvalue weighted by molar-refractivity contribution is 6.31. The zero-order chi connectivity index (χ0) is 14.8. The summed E-state index contributed by atoms with van der Waals surface area (Å²) in [6, 6.07) is 13.5. The first-order chi connectivity index (χ1) is 10.1. The number of carbonyl (C=O) groups is 1. The van der Waals surface area contributed by atoms with Crippen molar-refractivity contribution in [1.29, 1.82) is 0 Å². The lowest BCUT2D eigenvalue weighted by Crippen LogP contribution is -2.32. The van der Waals surface area contributed by atoms with E-state index in [-0.39, 0.29) is 11.9 Å². The molecule has 21 heavy (non-hydrogen) atoms. The molecule has 3 nitrogen and oxygen atoms in total. The van der Waals surface area contributed by atoms with Crippen LogP contribution in [0.15, 0.2) is 42.5 Å². The smallest absolute Gasteiger partial charge is 0.251 e. The third-order valence-electron chi connectivity index (χ3n) is 3.88. The van der Waals surface area contributed by atoms with Gasteiger partial charge in [0.05, 0.1) is 0 Å². The third kappa shape index (κ3) is 2.94. The number of hydrogen-bond donors (Lipinski definition) is 2. The number of nitrogens with one attached hydrogen (secondary N) is 1. The number of fused-ring (bicyclic) bond motifs is 1. The molecule has 3 rings (SSSR count). The van der Waals surface area contributed by atoms with Crippen LogP contribution in [0.5, 0.6) is 0 Å². The summed E-state index contributed by atoms with van der Waals surface area (Å²) in [7, 11) is 0. The van der Waals surface area contributed by atoms with Crippen LogP contribution in [0.4, 0.5) is 0 Å². The van der Waals surface area contributed by atoms with Gasteiger partial charge in [0, 0.05) is 23.2 Å². The summed E-state index contributed by atoms with van der Waals surface area (Å²) in [4.78, 5) is 11.9. The van der Waals surface area contributed by atoms with Gasteiger partial charge in [-0.05, 0) is 41.7 Å². The average Bonchev–Trinajstić information content (AvgIpc) is 2.50. The molecule has 3 N–H and O–H groups in total. The van der Waals surface area contributed by atoms with Gasteiger partial charge in [0.1, 0.15) is 0 Å². The fourth-order valence-corrected chi connectivity index (χ4v) is 2.89. The van der Waals surface area contributed by atoms with Crippen molar-refractivity contribution in [1.82, 2.24) is 5.32 Å². The number of benzene rings is 2. The lowest BCUT2D eigenvalue weighted by Gasteiger charge is -2.19. The minimum Gasteiger partial charge on any atom is -0.352 e. The Kier molecular flexibility index (Phi) is 3.95. The molecule has 1 aliphatic heterocycles. The normalized spacial score (nSPS) is 15.2. The Morgan fingerprint density at radius 3 is 2.86 bits per heavy atom. The molecule has 1 heterocycles. The number of amides is 1. The standard InChI is InChI=1S/C17H17ClN2O/c18-15-4-2-1-3-12(15)10-16(19)13-6-5-11-7-8-20-17(21)14(11)9-13/h1-6,9,16H,7-8,10,19H2,(H,20,21). The van der Waals surface area contributed by atoms with E-state index in [4.69, 9.17) is 17.3 Å². The Morgan fingerprint density at radius 1 is 1.24 bits per heavy atom. The van der Waals surface area contributed by atoms with Crippen LogP contribution >= 0.6 is 11.6 Å². The van der Waals surface area contributed by atoms with Crippen molar-refractivity contribution in [3.05, 3.63) is 69.7 Å². The molecular weight excluding hydrogens is 284 g/mol. The van der Waals surface area contributed by atoms with E-state index in [1.165, 1.54) is 0 Å². The summed E-state index contributed by atoms with van der Waals surface area (Å²) in [6.07, 6.45) is 1.53. The first-order valence-electron chi connectivity index (χ1n) is 7.05. The molecule has 1 unspecified atom stereocenters. The van der Waals surface area contributed by atoms with E-state index < -0.39 is 0 Å². The molecule has 4 heteroatoms. The highest BCUT2D eigenvalue weighted by Crippen LogP contribution is 2.24. The van der Waals surface area contributed by atoms with Crippen molar-refractivity contribution >= 4 is 17.5 Å². The van der Waals surface area contributed by atoms with Crippen molar-refractivity contribution in [2.75, 3.05) is 6.54 Å². The van der Waals surface area contributed by atoms with Crippen LogP contribution in [0.1, 0.15) is 33.1 Å². The van der Waals surface area contributed by atoms with Gasteiger partial charge in [-0.3, -0.25) is 4.79 Å². The molecule has 0 aromatic heterocycles. The molecule has 0 aliphatic carbocycles. The van der Waals surface area contributed by atoms with Gasteiger partial charge in [-0.25, -0.2) is 0 Å². The summed E-state index contributed by atoms with van der Waals surface area (Å²) < 4.78 is 0. The Labute approximate surface area is 129 Å². The summed E-state index contributed by atoms with van der Waals surface area (Å²) in [5.41, 5.74) is 10.1. The topological polar surface area (TPSA) is 55.1 Å². The van der Waals surface area contributed by atoms with Crippen molar-refractivity contribution in [3.8, 4) is 0 Å². The zero-order valence-corrected chi connectivity index (χ0v) is 12.4. The van der Waals surface area contributed by atoms with E-state index in [9.17, 15) is 4.79 Å². The highest BCUT2D eigenvalue weighted by atomic mass is 35.5. The first-order valence-corrected chi connectivity index (χ1v) is 7.43. The maximum atomic E-state index is 11.9. The molecule has 0 saturated heterocycles. The van der Waals surface area contributed by atoms with Crippen LogP contribution in [0.25, 0.3) is 0 Å². The quantitative estimate of drug-likeness (QED) is 0.916. The number of nitrogens with two attached hydrogens (primary N) is 1. The number of hydrogen-bond acceptors (Lipinski definition) is 2. The molecule has 0 radical (unpaired) electrons. The Hall–Kier alpha value is -1.84. The third-order valence-corrected chi connectivity index (χ3v) is 4.25. The molecule has 1 aliphatic rings. The molecule has 2 aromatic carbocycles. The highest BCUT2D eigenvalue weighted by Gasteiger charge is 2.18. The van der Waals surface area contributed by atoms with E-state index >= 15 is 0 Å². The summed E-state index contributed by atoms with van der Waals surface area (Å²) in [5, 5.41) is 3.59. The molecule has 0 saturated carbocycles. The lowest BCUT2D eigenvalue weighted by molar-refractivity contribution is 0.0946. The van der Waals surface area contributed by atoms with Gasteiger partial charge in [0.25, 0.3) is 5.91 Å². The van der Waals surface area contributed by atoms with Gasteiger partial charge in [0.2, 0.25) is 0 Å². The van der Waals surface area contributed by atoms with Crippen LogP contribution in [0.3, 0.4) is 0 Å². The number of carbonyl (C=O) groups excluding carboxylic acids is 1. The van der Waals surface area contributed by atoms with Crippen LogP contribution in [-0.4, -0.2) is 12.5 Å². The SMILES string of the molecule is NC(Cc1ccccc1Cl)c1ccc2c(c1)C(=O)NCC2. The molecule has 1 atom stereocenters. The van der Waals surface area contributed by atoms with Gasteiger partial charge in [-0.1, -0.05) is 41.9 Å². The lowest BCUT2D eigenvalue weighted by atomic mass is 9.93. The van der Waals surface area contributed by atoms with Crippen molar-refractivity contribution in [2.45, 2.75) is 18.9 Å². The second kappa shape index (κ2) is 5.88. The fourth-order valence-electron chi connectivity index (χ4n) is 2.68. The monoisotopic (exact) mass is 300 g/mol. The Bertz CT molecular complexity index is 684. The van der Waals surface area contributed by atoms with Crippen LogP contribution in [-0.2, 0) is 12.8 Å². The van der Waals surface area contributed by atoms with Gasteiger partial charge >= 0.3 is 0 Å². The minimum atomic E-state index is -0.176. The van der Waals surface area contributed by atoms with Gasteiger partial charge in [-0.15, -0.1) is 0 Å². The number of halogens is 1. The minimum absolute atomic E-state index is 0.0111. The van der Waals surface area contributed by atoms with Crippen molar-refractivity contribution in [2.24, 2.45) is 5.73 Å². The molecule has 108 valence electrons. The van der Waals surface area contributed by atoms with E-state index in [0.29, 0.717) is 13.0 Å². The maximum absolute atomic E-state index is 11.9. The zero-order valence-electron chi connectivity index (χ0n) is 11.6. The predicted molar refractivity (Wildman–Crippen MR) is 84.6 cm³/mol. The molecule has 0 bridgehead atoms. The second-order valence-corrected chi connectivity index (χ2v) is 5.73. The number of rotatable bonds is 3. The van der Waals surface area contributed by atoms with Gasteiger partial charge in [-0.2, -0.15) is 0 Å². The molecule has 0 spiro atoms. The molecule has 2 aromatic rings. The first kappa shape index (κ1) is 14.1. The van der Waals surface area contributed by atoms with Crippen LogP contribution in [0, 0.1) is 0 Å². The van der Waals surface area contributed by atoms with E-state index in [1.807, 2.05) is 42.5 Å². The van der Waals surface area contributed by atoms with Crippen LogP contribution in [0.2, 0.25) is 5.02 Å². The average molecular weight is 301 g/mol. The van der Waals surface area contributed by atoms with Gasteiger partial charge < -0.3 is 11.1 Å². The summed E-state index contributed by atoms with van der Waals surface area (Å²) in [5.74, 6) is -0.0111. The van der Waals surface area contributed by atoms with E-state index in [2.05, 4.69) is 5.32 Å². The van der Waals surface area contributed by atoms with E-state index in [0.717, 1.165) is 33.7 Å². The van der Waals surface area contributed by atoms with Crippen molar-refractivity contribution in [3.63, 3.8) is 0 Å². The predicted octanol–water partition coefficient (Wildman–Crippen LogP) is 2.87. The second-order valence-electron chi connectivity index (χ2n) is 5.32.